The maximum atomic E-state index is 11.9. The number of carbonyl (C=O) groups is 1. The molecule has 0 aromatic rings. The normalized spacial score (nSPS) is 17.5. The zero-order valence-electron chi connectivity index (χ0n) is 13.1. The smallest absolute Gasteiger partial charge is 0.146 e. The number of piperazine rings is 1. The molecule has 1 aliphatic heterocycles. The van der Waals surface area contributed by atoms with Crippen LogP contribution in [0.4, 0.5) is 0 Å². The number of aliphatic hydroxyl groups is 1. The van der Waals surface area contributed by atoms with Crippen LogP contribution in [0.1, 0.15) is 51.9 Å². The first-order valence-corrected chi connectivity index (χ1v) is 8.33. The maximum Gasteiger partial charge on any atom is 0.146 e. The number of hydrogen-bond donors (Lipinski definition) is 1. The molecule has 4 heteroatoms. The van der Waals surface area contributed by atoms with Crippen molar-refractivity contribution >= 4 is 5.78 Å². The van der Waals surface area contributed by atoms with E-state index in [1.54, 1.807) is 0 Å². The standard InChI is InChI=1S/C16H32N2O2/c1-2-3-4-5-6-8-16(20)15-18-12-10-17(11-13-18)9-7-14-19/h19H,2-15H2,1H3. The number of carbonyl (C=O) groups excluding carboxylic acids is 1. The molecular formula is C16H32N2O2. The van der Waals surface area contributed by atoms with E-state index in [4.69, 9.17) is 5.11 Å². The van der Waals surface area contributed by atoms with Crippen molar-refractivity contribution in [2.75, 3.05) is 45.9 Å². The van der Waals surface area contributed by atoms with E-state index in [1.807, 2.05) is 0 Å². The molecular weight excluding hydrogens is 252 g/mol. The molecule has 0 amide bonds. The second-order valence-electron chi connectivity index (χ2n) is 5.90. The van der Waals surface area contributed by atoms with Crippen molar-refractivity contribution in [3.05, 3.63) is 0 Å². The van der Waals surface area contributed by atoms with E-state index < -0.39 is 0 Å². The Balaban J connectivity index is 2.03. The van der Waals surface area contributed by atoms with Crippen molar-refractivity contribution in [3.63, 3.8) is 0 Å². The highest BCUT2D eigenvalue weighted by Gasteiger charge is 2.18. The molecule has 1 heterocycles. The van der Waals surface area contributed by atoms with E-state index in [2.05, 4.69) is 16.7 Å². The molecule has 1 fully saturated rings. The lowest BCUT2D eigenvalue weighted by molar-refractivity contribution is -0.120. The first-order valence-electron chi connectivity index (χ1n) is 8.33. The van der Waals surface area contributed by atoms with Gasteiger partial charge in [0.25, 0.3) is 0 Å². The summed E-state index contributed by atoms with van der Waals surface area (Å²) in [6, 6.07) is 0. The zero-order chi connectivity index (χ0) is 14.6. The Morgan fingerprint density at radius 3 is 2.25 bits per heavy atom. The van der Waals surface area contributed by atoms with Crippen molar-refractivity contribution in [1.82, 2.24) is 9.80 Å². The predicted octanol–water partition coefficient (Wildman–Crippen LogP) is 1.92. The van der Waals surface area contributed by atoms with Crippen molar-refractivity contribution in [3.8, 4) is 0 Å². The van der Waals surface area contributed by atoms with Gasteiger partial charge in [0.1, 0.15) is 5.78 Å². The first-order chi connectivity index (χ1) is 9.76. The fraction of sp³-hybridized carbons (Fsp3) is 0.938. The van der Waals surface area contributed by atoms with Gasteiger partial charge >= 0.3 is 0 Å². The summed E-state index contributed by atoms with van der Waals surface area (Å²) in [5.74, 6) is 0.408. The van der Waals surface area contributed by atoms with Gasteiger partial charge in [-0.2, -0.15) is 0 Å². The van der Waals surface area contributed by atoms with Crippen molar-refractivity contribution in [1.29, 1.82) is 0 Å². The van der Waals surface area contributed by atoms with E-state index in [1.165, 1.54) is 25.7 Å². The van der Waals surface area contributed by atoms with Crippen molar-refractivity contribution < 1.29 is 9.90 Å². The maximum absolute atomic E-state index is 11.9. The lowest BCUT2D eigenvalue weighted by Gasteiger charge is -2.34. The summed E-state index contributed by atoms with van der Waals surface area (Å²) in [5.41, 5.74) is 0. The van der Waals surface area contributed by atoms with Gasteiger partial charge in [-0.3, -0.25) is 9.69 Å². The summed E-state index contributed by atoms with van der Waals surface area (Å²) >= 11 is 0. The molecule has 0 spiro atoms. The summed E-state index contributed by atoms with van der Waals surface area (Å²) < 4.78 is 0. The summed E-state index contributed by atoms with van der Waals surface area (Å²) in [6.45, 7) is 8.16. The molecule has 20 heavy (non-hydrogen) atoms. The molecule has 4 nitrogen and oxygen atoms in total. The van der Waals surface area contributed by atoms with Gasteiger partial charge in [-0.25, -0.2) is 0 Å². The SMILES string of the molecule is CCCCCCCC(=O)CN1CCN(CCCO)CC1. The number of hydrogen-bond acceptors (Lipinski definition) is 4. The van der Waals surface area contributed by atoms with Gasteiger partial charge in [0, 0.05) is 45.8 Å². The summed E-state index contributed by atoms with van der Waals surface area (Å²) in [4.78, 5) is 16.6. The first kappa shape index (κ1) is 17.6. The van der Waals surface area contributed by atoms with Crippen LogP contribution in [-0.2, 0) is 4.79 Å². The van der Waals surface area contributed by atoms with Crippen LogP contribution in [-0.4, -0.2) is 66.6 Å². The average molecular weight is 284 g/mol. The van der Waals surface area contributed by atoms with Crippen molar-refractivity contribution in [2.24, 2.45) is 0 Å². The molecule has 0 aliphatic carbocycles. The molecule has 1 N–H and O–H groups in total. The Morgan fingerprint density at radius 2 is 1.60 bits per heavy atom. The van der Waals surface area contributed by atoms with E-state index in [9.17, 15) is 4.79 Å². The monoisotopic (exact) mass is 284 g/mol. The molecule has 1 saturated heterocycles. The molecule has 118 valence electrons. The lowest BCUT2D eigenvalue weighted by Crippen LogP contribution is -2.48. The topological polar surface area (TPSA) is 43.8 Å². The molecule has 1 aliphatic rings. The van der Waals surface area contributed by atoms with Crippen LogP contribution in [0, 0.1) is 0 Å². The summed E-state index contributed by atoms with van der Waals surface area (Å²) in [6.07, 6.45) is 7.71. The minimum atomic E-state index is 0.275. The minimum absolute atomic E-state index is 0.275. The fourth-order valence-electron chi connectivity index (χ4n) is 2.72. The van der Waals surface area contributed by atoms with Gasteiger partial charge in [0.15, 0.2) is 0 Å². The Kier molecular flexibility index (Phi) is 9.89. The van der Waals surface area contributed by atoms with Crippen LogP contribution in [0.3, 0.4) is 0 Å². The molecule has 0 saturated carbocycles. The Morgan fingerprint density at radius 1 is 0.950 bits per heavy atom. The van der Waals surface area contributed by atoms with E-state index in [0.717, 1.165) is 52.0 Å². The Bertz CT molecular complexity index is 251. The van der Waals surface area contributed by atoms with Gasteiger partial charge < -0.3 is 10.0 Å². The van der Waals surface area contributed by atoms with E-state index in [0.29, 0.717) is 12.3 Å². The van der Waals surface area contributed by atoms with Crippen molar-refractivity contribution in [2.45, 2.75) is 51.9 Å². The van der Waals surface area contributed by atoms with Gasteiger partial charge in [0.2, 0.25) is 0 Å². The second kappa shape index (κ2) is 11.2. The van der Waals surface area contributed by atoms with Gasteiger partial charge in [0.05, 0.1) is 6.54 Å². The Hall–Kier alpha value is -0.450. The fourth-order valence-corrected chi connectivity index (χ4v) is 2.72. The highest BCUT2D eigenvalue weighted by atomic mass is 16.3. The highest BCUT2D eigenvalue weighted by molar-refractivity contribution is 5.80. The van der Waals surface area contributed by atoms with Crippen LogP contribution >= 0.6 is 0 Å². The molecule has 0 radical (unpaired) electrons. The molecule has 0 unspecified atom stereocenters. The van der Waals surface area contributed by atoms with Crippen LogP contribution in [0.15, 0.2) is 0 Å². The number of Topliss-reactive ketones (excluding diaryl/α,β-unsaturated/α-hetero) is 1. The molecule has 0 bridgehead atoms. The average Bonchev–Trinajstić information content (AvgIpc) is 2.46. The highest BCUT2D eigenvalue weighted by Crippen LogP contribution is 2.07. The van der Waals surface area contributed by atoms with Gasteiger partial charge in [-0.1, -0.05) is 32.6 Å². The number of ketones is 1. The second-order valence-corrected chi connectivity index (χ2v) is 5.90. The third-order valence-electron chi connectivity index (χ3n) is 4.06. The number of rotatable bonds is 11. The van der Waals surface area contributed by atoms with E-state index >= 15 is 0 Å². The third-order valence-corrected chi connectivity index (χ3v) is 4.06. The zero-order valence-corrected chi connectivity index (χ0v) is 13.1. The summed E-state index contributed by atoms with van der Waals surface area (Å²) in [7, 11) is 0. The third kappa shape index (κ3) is 7.98. The minimum Gasteiger partial charge on any atom is -0.396 e. The predicted molar refractivity (Wildman–Crippen MR) is 83.0 cm³/mol. The van der Waals surface area contributed by atoms with Gasteiger partial charge in [-0.15, -0.1) is 0 Å². The van der Waals surface area contributed by atoms with Crippen LogP contribution < -0.4 is 0 Å². The molecule has 0 aromatic heterocycles. The van der Waals surface area contributed by atoms with E-state index in [-0.39, 0.29) is 6.61 Å². The number of unbranched alkanes of at least 4 members (excludes halogenated alkanes) is 4. The molecule has 0 atom stereocenters. The quantitative estimate of drug-likeness (QED) is 0.589. The lowest BCUT2D eigenvalue weighted by atomic mass is 10.1. The number of aliphatic hydroxyl groups excluding tert-OH is 1. The van der Waals surface area contributed by atoms with Gasteiger partial charge in [-0.05, 0) is 12.8 Å². The largest absolute Gasteiger partial charge is 0.396 e. The van der Waals surface area contributed by atoms with Crippen LogP contribution in [0.25, 0.3) is 0 Å². The van der Waals surface area contributed by atoms with Crippen LogP contribution in [0.5, 0.6) is 0 Å². The van der Waals surface area contributed by atoms with Crippen LogP contribution in [0.2, 0.25) is 0 Å². The molecule has 1 rings (SSSR count). The summed E-state index contributed by atoms with van der Waals surface area (Å²) in [5, 5.41) is 8.82. The Labute approximate surface area is 124 Å². The number of nitrogens with zero attached hydrogens (tertiary/aromatic N) is 2. The molecule has 0 aromatic carbocycles.